The fourth-order valence-electron chi connectivity index (χ4n) is 6.58. The van der Waals surface area contributed by atoms with Crippen molar-refractivity contribution in [2.24, 2.45) is 4.99 Å². The summed E-state index contributed by atoms with van der Waals surface area (Å²) in [6.45, 7) is 3.83. The van der Waals surface area contributed by atoms with E-state index < -0.39 is 28.4 Å². The zero-order valence-corrected chi connectivity index (χ0v) is 29.3. The highest BCUT2D eigenvalue weighted by molar-refractivity contribution is 5.80. The van der Waals surface area contributed by atoms with Crippen molar-refractivity contribution in [3.05, 3.63) is 149 Å². The van der Waals surface area contributed by atoms with E-state index in [1.807, 2.05) is 78.9 Å². The van der Waals surface area contributed by atoms with E-state index in [1.165, 1.54) is 40.0 Å². The van der Waals surface area contributed by atoms with Crippen LogP contribution in [0, 0.1) is 5.82 Å². The number of hydrogen-bond donors (Lipinski definition) is 2. The van der Waals surface area contributed by atoms with Gasteiger partial charge in [-0.15, -0.1) is 0 Å². The number of aliphatic imine (C=N–C) groups is 1. The summed E-state index contributed by atoms with van der Waals surface area (Å²) in [6, 6.07) is 35.2. The topological polar surface area (TPSA) is 73.3 Å². The van der Waals surface area contributed by atoms with Crippen molar-refractivity contribution >= 4 is 17.4 Å². The number of nitrogens with one attached hydrogen (secondary N) is 2. The lowest BCUT2D eigenvalue weighted by atomic mass is 9.76. The van der Waals surface area contributed by atoms with E-state index in [1.54, 1.807) is 38.5 Å². The normalized spacial score (nSPS) is 17.8. The maximum atomic E-state index is 16.8. The van der Waals surface area contributed by atoms with Gasteiger partial charge in [0, 0.05) is 11.3 Å². The van der Waals surface area contributed by atoms with E-state index >= 15 is 13.2 Å². The highest BCUT2D eigenvalue weighted by atomic mass is 19.3. The van der Waals surface area contributed by atoms with Crippen LogP contribution in [0.4, 0.5) is 24.5 Å². The van der Waals surface area contributed by atoms with Crippen LogP contribution in [-0.4, -0.2) is 38.8 Å². The van der Waals surface area contributed by atoms with Crippen LogP contribution in [0.5, 0.6) is 17.2 Å². The summed E-state index contributed by atoms with van der Waals surface area (Å²) in [7, 11) is 4.68. The van der Waals surface area contributed by atoms with Crippen LogP contribution < -0.4 is 24.8 Å². The van der Waals surface area contributed by atoms with Crippen molar-refractivity contribution in [3.63, 3.8) is 0 Å². The molecule has 1 aliphatic rings. The molecule has 2 N–H and O–H groups in total. The van der Waals surface area contributed by atoms with Crippen molar-refractivity contribution in [1.82, 2.24) is 5.32 Å². The molecule has 5 aromatic rings. The first-order chi connectivity index (χ1) is 24.4. The van der Waals surface area contributed by atoms with Gasteiger partial charge in [0.25, 0.3) is 6.02 Å². The van der Waals surface area contributed by atoms with E-state index in [9.17, 15) is 0 Å². The molecule has 264 valence electrons. The predicted molar refractivity (Wildman–Crippen MR) is 193 cm³/mol. The summed E-state index contributed by atoms with van der Waals surface area (Å²) in [4.78, 5) is 4.49. The lowest BCUT2D eigenvalue weighted by molar-refractivity contribution is -0.217. The quantitative estimate of drug-likeness (QED) is 0.142. The van der Waals surface area contributed by atoms with Crippen LogP contribution in [-0.2, 0) is 15.9 Å². The van der Waals surface area contributed by atoms with Gasteiger partial charge >= 0.3 is 5.92 Å². The summed E-state index contributed by atoms with van der Waals surface area (Å²) < 4.78 is 72.2. The number of rotatable bonds is 10. The van der Waals surface area contributed by atoms with E-state index in [-0.39, 0.29) is 11.6 Å². The minimum atomic E-state index is -3.69. The zero-order valence-electron chi connectivity index (χ0n) is 29.3. The second-order valence-electron chi connectivity index (χ2n) is 12.9. The number of nitrogens with zero attached hydrogens (tertiary/aromatic N) is 1. The molecule has 0 spiro atoms. The number of halogens is 3. The van der Waals surface area contributed by atoms with Gasteiger partial charge in [0.2, 0.25) is 5.60 Å². The highest BCUT2D eigenvalue weighted by Gasteiger charge is 2.67. The smallest absolute Gasteiger partial charge is 0.315 e. The van der Waals surface area contributed by atoms with Crippen LogP contribution in [0.1, 0.15) is 43.0 Å². The Morgan fingerprint density at radius 1 is 0.667 bits per heavy atom. The largest absolute Gasteiger partial charge is 0.497 e. The Balaban J connectivity index is 1.52. The van der Waals surface area contributed by atoms with Gasteiger partial charge in [-0.1, -0.05) is 66.7 Å². The number of para-hydroxylation sites is 2. The average Bonchev–Trinajstić information content (AvgIpc) is 3.14. The molecule has 0 bridgehead atoms. The van der Waals surface area contributed by atoms with Gasteiger partial charge in [0.15, 0.2) is 0 Å². The third-order valence-electron chi connectivity index (χ3n) is 9.46. The number of methoxy groups -OCH3 is 3. The number of benzene rings is 5. The molecule has 0 unspecified atom stereocenters. The summed E-state index contributed by atoms with van der Waals surface area (Å²) in [5.41, 5.74) is -3.00. The van der Waals surface area contributed by atoms with Gasteiger partial charge in [-0.2, -0.15) is 8.78 Å². The summed E-state index contributed by atoms with van der Waals surface area (Å²) in [5, 5.41) is 6.63. The number of anilines is 2. The van der Waals surface area contributed by atoms with Gasteiger partial charge in [0.05, 0.1) is 27.0 Å². The first kappa shape index (κ1) is 35.2. The standard InChI is InChI=1S/C41H40F3N3O4/c1-38(2)41(43,44)39(3,33-26-30(20-25-34(33)42)45-35-14-10-11-15-36(35)50-6)51-37(46-38)47-40(27-12-8-7-9-13-27,28-16-21-31(48-4)22-17-28)29-18-23-32(49-5)24-19-29/h7-26,45H,1-6H3,(H,46,47)/t39-/m1/s1. The Bertz CT molecular complexity index is 1970. The molecule has 1 aliphatic heterocycles. The molecule has 7 nitrogen and oxygen atoms in total. The van der Waals surface area contributed by atoms with E-state index in [0.717, 1.165) is 22.8 Å². The molecule has 0 saturated heterocycles. The molecule has 1 atom stereocenters. The Kier molecular flexibility index (Phi) is 9.37. The van der Waals surface area contributed by atoms with Crippen LogP contribution >= 0.6 is 0 Å². The van der Waals surface area contributed by atoms with Gasteiger partial charge < -0.3 is 29.6 Å². The maximum absolute atomic E-state index is 16.8. The Hall–Kier alpha value is -5.64. The Labute approximate surface area is 296 Å². The first-order valence-corrected chi connectivity index (χ1v) is 16.4. The van der Waals surface area contributed by atoms with Crippen molar-refractivity contribution in [2.45, 2.75) is 43.4 Å². The maximum Gasteiger partial charge on any atom is 0.315 e. The molecule has 0 aliphatic carbocycles. The van der Waals surface area contributed by atoms with E-state index in [2.05, 4.69) is 15.6 Å². The minimum Gasteiger partial charge on any atom is -0.497 e. The Morgan fingerprint density at radius 2 is 1.22 bits per heavy atom. The average molecular weight is 696 g/mol. The lowest BCUT2D eigenvalue weighted by Gasteiger charge is -2.49. The van der Waals surface area contributed by atoms with Crippen molar-refractivity contribution in [2.75, 3.05) is 26.6 Å². The number of alkyl halides is 2. The number of hydrogen-bond acceptors (Lipinski definition) is 7. The van der Waals surface area contributed by atoms with Crippen LogP contribution in [0.2, 0.25) is 0 Å². The molecule has 5 aromatic carbocycles. The number of ether oxygens (including phenoxy) is 4. The second-order valence-corrected chi connectivity index (χ2v) is 12.9. The van der Waals surface area contributed by atoms with Gasteiger partial charge in [-0.25, -0.2) is 9.38 Å². The SMILES string of the molecule is COc1ccc(C(NC2=NC(C)(C)C(F)(F)[C@@](C)(c3cc(Nc4ccccc4OC)ccc3F)O2)(c2ccccc2)c2ccc(OC)cc2)cc1. The van der Waals surface area contributed by atoms with Gasteiger partial charge in [0.1, 0.15) is 34.1 Å². The third kappa shape index (κ3) is 6.19. The molecule has 10 heteroatoms. The predicted octanol–water partition coefficient (Wildman–Crippen LogP) is 9.19. The lowest BCUT2D eigenvalue weighted by Crippen LogP contribution is -2.64. The van der Waals surface area contributed by atoms with Crippen molar-refractivity contribution in [3.8, 4) is 17.2 Å². The summed E-state index contributed by atoms with van der Waals surface area (Å²) in [6.07, 6.45) is 0. The molecular weight excluding hydrogens is 655 g/mol. The second kappa shape index (κ2) is 13.6. The molecule has 6 rings (SSSR count). The van der Waals surface area contributed by atoms with Crippen LogP contribution in [0.15, 0.2) is 126 Å². The third-order valence-corrected chi connectivity index (χ3v) is 9.46. The molecule has 0 fully saturated rings. The molecule has 0 amide bonds. The monoisotopic (exact) mass is 695 g/mol. The molecule has 1 heterocycles. The molecule has 0 saturated carbocycles. The molecule has 51 heavy (non-hydrogen) atoms. The fraction of sp³-hybridized carbons (Fsp3) is 0.244. The Morgan fingerprint density at radius 3 is 1.78 bits per heavy atom. The molecule has 0 radical (unpaired) electrons. The summed E-state index contributed by atoms with van der Waals surface area (Å²) in [5.74, 6) is -2.76. The molecule has 0 aromatic heterocycles. The van der Waals surface area contributed by atoms with Gasteiger partial charge in [-0.05, 0) is 92.1 Å². The van der Waals surface area contributed by atoms with Crippen LogP contribution in [0.25, 0.3) is 0 Å². The van der Waals surface area contributed by atoms with Crippen molar-refractivity contribution < 1.29 is 32.1 Å². The molecular formula is C41H40F3N3O4. The first-order valence-electron chi connectivity index (χ1n) is 16.4. The van der Waals surface area contributed by atoms with Crippen molar-refractivity contribution in [1.29, 1.82) is 0 Å². The fourth-order valence-corrected chi connectivity index (χ4v) is 6.58. The van der Waals surface area contributed by atoms with Gasteiger partial charge in [-0.3, -0.25) is 0 Å². The minimum absolute atomic E-state index is 0.202. The van der Waals surface area contributed by atoms with E-state index in [0.29, 0.717) is 28.6 Å². The summed E-state index contributed by atoms with van der Waals surface area (Å²) >= 11 is 0. The van der Waals surface area contributed by atoms with Crippen LogP contribution in [0.3, 0.4) is 0 Å². The zero-order chi connectivity index (χ0) is 36.4. The van der Waals surface area contributed by atoms with E-state index in [4.69, 9.17) is 18.9 Å². The number of amidine groups is 1. The highest BCUT2D eigenvalue weighted by Crippen LogP contribution is 2.53.